The molecule has 3 nitrogen and oxygen atoms in total. The molecule has 0 aromatic heterocycles. The summed E-state index contributed by atoms with van der Waals surface area (Å²) in [6, 6.07) is 14.9. The maximum Gasteiger partial charge on any atom is 0.251 e. The molecule has 1 atom stereocenters. The zero-order valence-corrected chi connectivity index (χ0v) is 13.1. The van der Waals surface area contributed by atoms with E-state index in [4.69, 9.17) is 16.3 Å². The van der Waals surface area contributed by atoms with Crippen molar-refractivity contribution in [2.45, 2.75) is 18.9 Å². The molecule has 1 amide bonds. The number of rotatable bonds is 5. The molecule has 0 heterocycles. The zero-order chi connectivity index (χ0) is 15.5. The third-order valence-electron chi connectivity index (χ3n) is 3.96. The Hall–Kier alpha value is -2.00. The molecule has 0 bridgehead atoms. The molecular formula is C18H18ClNO2. The minimum Gasteiger partial charge on any atom is -0.497 e. The van der Waals surface area contributed by atoms with Crippen molar-refractivity contribution >= 4 is 17.5 Å². The quantitative estimate of drug-likeness (QED) is 0.896. The second-order valence-corrected chi connectivity index (χ2v) is 6.01. The molecule has 1 fully saturated rings. The number of hydrogen-bond donors (Lipinski definition) is 1. The van der Waals surface area contributed by atoms with Crippen LogP contribution in [0.2, 0.25) is 5.02 Å². The van der Waals surface area contributed by atoms with Gasteiger partial charge in [0.2, 0.25) is 0 Å². The number of amides is 1. The van der Waals surface area contributed by atoms with Gasteiger partial charge in [0.1, 0.15) is 5.75 Å². The number of methoxy groups -OCH3 is 1. The van der Waals surface area contributed by atoms with Crippen LogP contribution in [-0.4, -0.2) is 13.0 Å². The first-order valence-electron chi connectivity index (χ1n) is 7.38. The minimum absolute atomic E-state index is 0.0480. The summed E-state index contributed by atoms with van der Waals surface area (Å²) < 4.78 is 5.11. The third kappa shape index (κ3) is 3.42. The van der Waals surface area contributed by atoms with Crippen molar-refractivity contribution in [3.8, 4) is 5.75 Å². The van der Waals surface area contributed by atoms with Crippen LogP contribution >= 0.6 is 11.6 Å². The molecule has 1 saturated carbocycles. The van der Waals surface area contributed by atoms with Gasteiger partial charge >= 0.3 is 0 Å². The Morgan fingerprint density at radius 3 is 2.32 bits per heavy atom. The molecule has 1 N–H and O–H groups in total. The van der Waals surface area contributed by atoms with Gasteiger partial charge in [0.15, 0.2) is 0 Å². The van der Waals surface area contributed by atoms with Gasteiger partial charge in [-0.05, 0) is 60.7 Å². The summed E-state index contributed by atoms with van der Waals surface area (Å²) in [6.07, 6.45) is 2.30. The van der Waals surface area contributed by atoms with E-state index in [0.29, 0.717) is 16.5 Å². The first kappa shape index (κ1) is 14.9. The summed E-state index contributed by atoms with van der Waals surface area (Å²) in [5, 5.41) is 3.85. The fourth-order valence-electron chi connectivity index (χ4n) is 2.54. The van der Waals surface area contributed by atoms with Crippen molar-refractivity contribution in [2.24, 2.45) is 5.92 Å². The summed E-state index contributed by atoms with van der Waals surface area (Å²) in [6.45, 7) is 0. The Morgan fingerprint density at radius 2 is 1.77 bits per heavy atom. The average Bonchev–Trinajstić information content (AvgIpc) is 3.38. The summed E-state index contributed by atoms with van der Waals surface area (Å²) in [7, 11) is 1.61. The van der Waals surface area contributed by atoms with Crippen LogP contribution < -0.4 is 10.1 Å². The Morgan fingerprint density at radius 1 is 1.14 bits per heavy atom. The highest BCUT2D eigenvalue weighted by molar-refractivity contribution is 6.30. The summed E-state index contributed by atoms with van der Waals surface area (Å²) in [4.78, 5) is 12.4. The third-order valence-corrected chi connectivity index (χ3v) is 4.21. The molecule has 2 aromatic rings. The van der Waals surface area contributed by atoms with Crippen LogP contribution in [0.3, 0.4) is 0 Å². The SMILES string of the molecule is COc1ccc(C(=O)N[C@H](c2ccc(Cl)cc2)C2CC2)cc1. The molecule has 22 heavy (non-hydrogen) atoms. The van der Waals surface area contributed by atoms with Gasteiger partial charge in [-0.25, -0.2) is 0 Å². The van der Waals surface area contributed by atoms with E-state index < -0.39 is 0 Å². The van der Waals surface area contributed by atoms with Gasteiger partial charge in [-0.2, -0.15) is 0 Å². The van der Waals surface area contributed by atoms with E-state index in [-0.39, 0.29) is 11.9 Å². The predicted octanol–water partition coefficient (Wildman–Crippen LogP) is 4.23. The highest BCUT2D eigenvalue weighted by Gasteiger charge is 2.33. The standard InChI is InChI=1S/C18H18ClNO2/c1-22-16-10-6-14(7-11-16)18(21)20-17(12-2-3-12)13-4-8-15(19)9-5-13/h4-12,17H,2-3H2,1H3,(H,20,21)/t17-/m0/s1. The molecule has 0 spiro atoms. The second kappa shape index (κ2) is 6.41. The predicted molar refractivity (Wildman–Crippen MR) is 87.4 cm³/mol. The van der Waals surface area contributed by atoms with E-state index in [1.807, 2.05) is 24.3 Å². The van der Waals surface area contributed by atoms with Crippen LogP contribution in [0.4, 0.5) is 0 Å². The molecule has 2 aromatic carbocycles. The highest BCUT2D eigenvalue weighted by atomic mass is 35.5. The number of benzene rings is 2. The molecule has 4 heteroatoms. The van der Waals surface area contributed by atoms with Crippen molar-refractivity contribution in [3.63, 3.8) is 0 Å². The Bertz CT molecular complexity index is 648. The number of ether oxygens (including phenoxy) is 1. The largest absolute Gasteiger partial charge is 0.497 e. The van der Waals surface area contributed by atoms with E-state index >= 15 is 0 Å². The topological polar surface area (TPSA) is 38.3 Å². The van der Waals surface area contributed by atoms with E-state index in [9.17, 15) is 4.79 Å². The second-order valence-electron chi connectivity index (χ2n) is 5.57. The lowest BCUT2D eigenvalue weighted by Crippen LogP contribution is -2.29. The molecule has 0 radical (unpaired) electrons. The minimum atomic E-state index is -0.0606. The lowest BCUT2D eigenvalue weighted by molar-refractivity contribution is 0.0931. The normalized spacial score (nSPS) is 15.2. The molecule has 3 rings (SSSR count). The number of carbonyl (C=O) groups is 1. The maximum absolute atomic E-state index is 12.4. The first-order chi connectivity index (χ1) is 10.7. The molecule has 114 valence electrons. The Kier molecular flexibility index (Phi) is 4.34. The smallest absolute Gasteiger partial charge is 0.251 e. The fraction of sp³-hybridized carbons (Fsp3) is 0.278. The number of carbonyl (C=O) groups excluding carboxylic acids is 1. The monoisotopic (exact) mass is 315 g/mol. The van der Waals surface area contributed by atoms with E-state index in [1.54, 1.807) is 31.4 Å². The van der Waals surface area contributed by atoms with Crippen molar-refractivity contribution in [3.05, 3.63) is 64.7 Å². The van der Waals surface area contributed by atoms with Crippen LogP contribution in [0.15, 0.2) is 48.5 Å². The van der Waals surface area contributed by atoms with Gasteiger partial charge in [0.05, 0.1) is 13.2 Å². The molecule has 0 unspecified atom stereocenters. The Balaban J connectivity index is 1.75. The van der Waals surface area contributed by atoms with E-state index in [2.05, 4.69) is 5.32 Å². The van der Waals surface area contributed by atoms with Crippen molar-refractivity contribution in [1.82, 2.24) is 5.32 Å². The zero-order valence-electron chi connectivity index (χ0n) is 12.4. The maximum atomic E-state index is 12.4. The number of nitrogens with one attached hydrogen (secondary N) is 1. The lowest BCUT2D eigenvalue weighted by atomic mass is 10.0. The fourth-order valence-corrected chi connectivity index (χ4v) is 2.67. The van der Waals surface area contributed by atoms with Gasteiger partial charge in [0.25, 0.3) is 5.91 Å². The molecule has 0 saturated heterocycles. The van der Waals surface area contributed by atoms with Crippen LogP contribution in [0.25, 0.3) is 0 Å². The van der Waals surface area contributed by atoms with Crippen molar-refractivity contribution in [1.29, 1.82) is 0 Å². The van der Waals surface area contributed by atoms with Gasteiger partial charge in [-0.15, -0.1) is 0 Å². The van der Waals surface area contributed by atoms with E-state index in [1.165, 1.54) is 0 Å². The number of halogens is 1. The molecule has 1 aliphatic carbocycles. The van der Waals surface area contributed by atoms with Crippen LogP contribution in [0.5, 0.6) is 5.75 Å². The van der Waals surface area contributed by atoms with Gasteiger partial charge in [-0.3, -0.25) is 4.79 Å². The van der Waals surface area contributed by atoms with Crippen LogP contribution in [0, 0.1) is 5.92 Å². The molecular weight excluding hydrogens is 298 g/mol. The van der Waals surface area contributed by atoms with Crippen molar-refractivity contribution in [2.75, 3.05) is 7.11 Å². The molecule has 1 aliphatic rings. The summed E-state index contributed by atoms with van der Waals surface area (Å²) in [5.41, 5.74) is 1.74. The van der Waals surface area contributed by atoms with Crippen LogP contribution in [0.1, 0.15) is 34.8 Å². The average molecular weight is 316 g/mol. The first-order valence-corrected chi connectivity index (χ1v) is 7.75. The van der Waals surface area contributed by atoms with Gasteiger partial charge in [0, 0.05) is 10.6 Å². The summed E-state index contributed by atoms with van der Waals surface area (Å²) in [5.74, 6) is 1.20. The highest BCUT2D eigenvalue weighted by Crippen LogP contribution is 2.41. The molecule has 0 aliphatic heterocycles. The number of hydrogen-bond acceptors (Lipinski definition) is 2. The van der Waals surface area contributed by atoms with Gasteiger partial charge in [-0.1, -0.05) is 23.7 Å². The summed E-state index contributed by atoms with van der Waals surface area (Å²) >= 11 is 5.94. The van der Waals surface area contributed by atoms with Gasteiger partial charge < -0.3 is 10.1 Å². The Labute approximate surface area is 135 Å². The van der Waals surface area contributed by atoms with Crippen LogP contribution in [-0.2, 0) is 0 Å². The van der Waals surface area contributed by atoms with Crippen molar-refractivity contribution < 1.29 is 9.53 Å². The van der Waals surface area contributed by atoms with E-state index in [0.717, 1.165) is 24.2 Å². The lowest BCUT2D eigenvalue weighted by Gasteiger charge is -2.19.